The summed E-state index contributed by atoms with van der Waals surface area (Å²) >= 11 is 0. The van der Waals surface area contributed by atoms with E-state index in [-0.39, 0.29) is 5.69 Å². The van der Waals surface area contributed by atoms with Crippen LogP contribution < -0.4 is 16.3 Å². The first-order valence-electron chi connectivity index (χ1n) is 8.81. The molecule has 0 atom stereocenters. The van der Waals surface area contributed by atoms with Gasteiger partial charge in [-0.2, -0.15) is 5.10 Å². The maximum Gasteiger partial charge on any atom is 0.294 e. The average Bonchev–Trinajstić information content (AvgIpc) is 2.67. The smallest absolute Gasteiger partial charge is 0.287 e. The molecule has 0 radical (unpaired) electrons. The first-order chi connectivity index (χ1) is 13.8. The van der Waals surface area contributed by atoms with E-state index in [4.69, 9.17) is 0 Å². The molecule has 29 heavy (non-hydrogen) atoms. The molecule has 0 fully saturated rings. The minimum atomic E-state index is -0.904. The van der Waals surface area contributed by atoms with Crippen molar-refractivity contribution in [3.63, 3.8) is 0 Å². The lowest BCUT2D eigenvalue weighted by atomic mass is 10.1. The van der Waals surface area contributed by atoms with Gasteiger partial charge < -0.3 is 0 Å². The van der Waals surface area contributed by atoms with Gasteiger partial charge >= 0.3 is 0 Å². The third kappa shape index (κ3) is 4.21. The number of aryl methyl sites for hydroxylation is 3. The summed E-state index contributed by atoms with van der Waals surface area (Å²) in [5, 5.41) is 3.98. The normalized spacial score (nSPS) is 10.5. The van der Waals surface area contributed by atoms with Crippen molar-refractivity contribution >= 4 is 11.8 Å². The van der Waals surface area contributed by atoms with Crippen LogP contribution in [0.25, 0.3) is 5.69 Å². The molecule has 0 spiro atoms. The molecule has 2 N–H and O–H groups in total. The van der Waals surface area contributed by atoms with E-state index in [0.717, 1.165) is 15.8 Å². The summed E-state index contributed by atoms with van der Waals surface area (Å²) in [7, 11) is 0. The Balaban J connectivity index is 1.84. The SMILES string of the molecule is Cc1ccc(C(=O)NNC(=O)c2nn(-c3ccccc3F)c(C)cc2=O)c(C)c1. The lowest BCUT2D eigenvalue weighted by Gasteiger charge is -2.13. The van der Waals surface area contributed by atoms with Crippen molar-refractivity contribution in [3.8, 4) is 5.69 Å². The minimum Gasteiger partial charge on any atom is -0.287 e. The predicted molar refractivity (Wildman–Crippen MR) is 105 cm³/mol. The number of nitrogens with zero attached hydrogens (tertiary/aromatic N) is 2. The molecule has 0 saturated carbocycles. The van der Waals surface area contributed by atoms with Gasteiger partial charge in [-0.05, 0) is 44.5 Å². The van der Waals surface area contributed by atoms with Crippen molar-refractivity contribution in [1.29, 1.82) is 0 Å². The Morgan fingerprint density at radius 3 is 2.34 bits per heavy atom. The van der Waals surface area contributed by atoms with Crippen LogP contribution in [0.3, 0.4) is 0 Å². The van der Waals surface area contributed by atoms with Gasteiger partial charge in [-0.25, -0.2) is 9.07 Å². The van der Waals surface area contributed by atoms with Gasteiger partial charge in [0.15, 0.2) is 5.69 Å². The van der Waals surface area contributed by atoms with Gasteiger partial charge in [0.1, 0.15) is 11.5 Å². The Morgan fingerprint density at radius 1 is 0.966 bits per heavy atom. The van der Waals surface area contributed by atoms with Crippen molar-refractivity contribution < 1.29 is 14.0 Å². The molecule has 0 bridgehead atoms. The van der Waals surface area contributed by atoms with Crippen LogP contribution in [0.15, 0.2) is 53.3 Å². The van der Waals surface area contributed by atoms with Crippen molar-refractivity contribution in [2.45, 2.75) is 20.8 Å². The van der Waals surface area contributed by atoms with Crippen LogP contribution in [0, 0.1) is 26.6 Å². The highest BCUT2D eigenvalue weighted by atomic mass is 19.1. The number of amides is 2. The van der Waals surface area contributed by atoms with E-state index < -0.39 is 28.8 Å². The highest BCUT2D eigenvalue weighted by Crippen LogP contribution is 2.13. The van der Waals surface area contributed by atoms with E-state index in [1.165, 1.54) is 24.3 Å². The third-order valence-corrected chi connectivity index (χ3v) is 4.32. The number of aromatic nitrogens is 2. The van der Waals surface area contributed by atoms with Gasteiger partial charge in [0.25, 0.3) is 11.8 Å². The third-order valence-electron chi connectivity index (χ3n) is 4.32. The molecule has 3 aromatic rings. The number of rotatable bonds is 3. The van der Waals surface area contributed by atoms with Crippen molar-refractivity contribution in [3.05, 3.63) is 92.6 Å². The molecule has 0 aliphatic heterocycles. The molecule has 3 rings (SSSR count). The van der Waals surface area contributed by atoms with Crippen LogP contribution >= 0.6 is 0 Å². The number of carbonyl (C=O) groups is 2. The molecule has 148 valence electrons. The summed E-state index contributed by atoms with van der Waals surface area (Å²) in [5.74, 6) is -1.99. The molecule has 0 aliphatic rings. The second-order valence-corrected chi connectivity index (χ2v) is 6.59. The number of para-hydroxylation sites is 1. The molecule has 1 aromatic heterocycles. The summed E-state index contributed by atoms with van der Waals surface area (Å²) in [4.78, 5) is 36.9. The average molecular weight is 394 g/mol. The quantitative estimate of drug-likeness (QED) is 0.667. The first-order valence-corrected chi connectivity index (χ1v) is 8.81. The van der Waals surface area contributed by atoms with Crippen LogP contribution in [0.2, 0.25) is 0 Å². The topological polar surface area (TPSA) is 93.1 Å². The van der Waals surface area contributed by atoms with E-state index in [1.54, 1.807) is 32.0 Å². The molecule has 7 nitrogen and oxygen atoms in total. The minimum absolute atomic E-state index is 0.0957. The Bertz CT molecular complexity index is 1170. The summed E-state index contributed by atoms with van der Waals surface area (Å²) < 4.78 is 15.3. The molecule has 0 saturated heterocycles. The molecule has 2 aromatic carbocycles. The number of hydrazine groups is 1. The van der Waals surface area contributed by atoms with Crippen molar-refractivity contribution in [2.24, 2.45) is 0 Å². The van der Waals surface area contributed by atoms with E-state index in [9.17, 15) is 18.8 Å². The van der Waals surface area contributed by atoms with Crippen molar-refractivity contribution in [2.75, 3.05) is 0 Å². The number of hydrogen-bond acceptors (Lipinski definition) is 4. The molecule has 0 aliphatic carbocycles. The Morgan fingerprint density at radius 2 is 1.66 bits per heavy atom. The van der Waals surface area contributed by atoms with Gasteiger partial charge in [0.05, 0.1) is 0 Å². The zero-order chi connectivity index (χ0) is 21.1. The summed E-state index contributed by atoms with van der Waals surface area (Å²) in [5.41, 5.74) is 5.92. The van der Waals surface area contributed by atoms with Crippen LogP contribution in [0.1, 0.15) is 37.7 Å². The lowest BCUT2D eigenvalue weighted by molar-refractivity contribution is 0.0842. The van der Waals surface area contributed by atoms with Crippen LogP contribution in [-0.2, 0) is 0 Å². The van der Waals surface area contributed by atoms with Gasteiger partial charge in [-0.3, -0.25) is 25.2 Å². The Kier molecular flexibility index (Phi) is 5.54. The number of benzene rings is 2. The number of hydrogen-bond donors (Lipinski definition) is 2. The number of nitrogens with one attached hydrogen (secondary N) is 2. The van der Waals surface area contributed by atoms with E-state index in [2.05, 4.69) is 16.0 Å². The van der Waals surface area contributed by atoms with E-state index >= 15 is 0 Å². The zero-order valence-electron chi connectivity index (χ0n) is 16.1. The molecular formula is C21H19FN4O3. The summed E-state index contributed by atoms with van der Waals surface area (Å²) in [6, 6.07) is 12.3. The standard InChI is InChI=1S/C21H19FN4O3/c1-12-8-9-15(13(2)10-12)20(28)23-24-21(29)19-18(27)11-14(3)26(25-19)17-7-5-4-6-16(17)22/h4-11H,1-3H3,(H,23,28)(H,24,29). The highest BCUT2D eigenvalue weighted by Gasteiger charge is 2.18. The first kappa shape index (κ1) is 19.9. The zero-order valence-corrected chi connectivity index (χ0v) is 16.1. The van der Waals surface area contributed by atoms with Crippen LogP contribution in [0.5, 0.6) is 0 Å². The van der Waals surface area contributed by atoms with Gasteiger partial charge in [0, 0.05) is 17.3 Å². The maximum atomic E-state index is 14.1. The Labute approximate surface area is 166 Å². The van der Waals surface area contributed by atoms with Gasteiger partial charge in [-0.15, -0.1) is 0 Å². The molecule has 2 amide bonds. The van der Waals surface area contributed by atoms with Crippen LogP contribution in [-0.4, -0.2) is 21.6 Å². The summed E-state index contributed by atoms with van der Waals surface area (Å²) in [6.45, 7) is 5.25. The lowest BCUT2D eigenvalue weighted by Crippen LogP contribution is -2.44. The van der Waals surface area contributed by atoms with Gasteiger partial charge in [0.2, 0.25) is 5.43 Å². The van der Waals surface area contributed by atoms with Crippen molar-refractivity contribution in [1.82, 2.24) is 20.6 Å². The fourth-order valence-corrected chi connectivity index (χ4v) is 2.88. The maximum absolute atomic E-state index is 14.1. The second kappa shape index (κ2) is 8.05. The number of halogens is 1. The highest BCUT2D eigenvalue weighted by molar-refractivity contribution is 5.99. The van der Waals surface area contributed by atoms with E-state index in [0.29, 0.717) is 11.3 Å². The second-order valence-electron chi connectivity index (χ2n) is 6.59. The number of carbonyl (C=O) groups excluding carboxylic acids is 2. The van der Waals surface area contributed by atoms with Crippen LogP contribution in [0.4, 0.5) is 4.39 Å². The largest absolute Gasteiger partial charge is 0.294 e. The molecule has 0 unspecified atom stereocenters. The Hall–Kier alpha value is -3.81. The molecule has 8 heteroatoms. The molecule has 1 heterocycles. The molecular weight excluding hydrogens is 375 g/mol. The van der Waals surface area contributed by atoms with Gasteiger partial charge in [-0.1, -0.05) is 29.8 Å². The summed E-state index contributed by atoms with van der Waals surface area (Å²) in [6.07, 6.45) is 0. The fourth-order valence-electron chi connectivity index (χ4n) is 2.88. The predicted octanol–water partition coefficient (Wildman–Crippen LogP) is 2.37. The monoisotopic (exact) mass is 394 g/mol. The fraction of sp³-hybridized carbons (Fsp3) is 0.143. The van der Waals surface area contributed by atoms with E-state index in [1.807, 2.05) is 13.0 Å².